The molecule has 2 rings (SSSR count). The van der Waals surface area contributed by atoms with Crippen molar-refractivity contribution in [1.82, 2.24) is 0 Å². The lowest BCUT2D eigenvalue weighted by Gasteiger charge is -2.05. The molecule has 2 aromatic rings. The Morgan fingerprint density at radius 2 is 1.91 bits per heavy atom. The van der Waals surface area contributed by atoms with E-state index in [1.54, 1.807) is 12.1 Å². The van der Waals surface area contributed by atoms with Gasteiger partial charge in [0.2, 0.25) is 5.91 Å². The van der Waals surface area contributed by atoms with Gasteiger partial charge in [-0.15, -0.1) is 23.1 Å². The maximum absolute atomic E-state index is 11.8. The fraction of sp³-hybridized carbons (Fsp3) is 0.214. The van der Waals surface area contributed by atoms with Gasteiger partial charge in [-0.25, -0.2) is 8.42 Å². The second-order valence-electron chi connectivity index (χ2n) is 4.54. The van der Waals surface area contributed by atoms with E-state index in [0.29, 0.717) is 11.4 Å². The summed E-state index contributed by atoms with van der Waals surface area (Å²) in [6, 6.07) is 9.90. The van der Waals surface area contributed by atoms with Gasteiger partial charge in [-0.3, -0.25) is 4.79 Å². The maximum atomic E-state index is 11.8. The first-order valence-corrected chi connectivity index (χ1v) is 10.5. The monoisotopic (exact) mass is 375 g/mol. The first-order valence-electron chi connectivity index (χ1n) is 6.26. The average molecular weight is 376 g/mol. The topological polar surface area (TPSA) is 63.2 Å². The van der Waals surface area contributed by atoms with Crippen molar-refractivity contribution >= 4 is 56.1 Å². The number of hydrogen-bond donors (Lipinski definition) is 1. The van der Waals surface area contributed by atoms with E-state index in [0.717, 1.165) is 21.2 Å². The molecule has 0 aliphatic carbocycles. The number of amides is 1. The van der Waals surface area contributed by atoms with Crippen molar-refractivity contribution in [2.45, 2.75) is 10.6 Å². The number of thioether (sulfide) groups is 1. The zero-order valence-electron chi connectivity index (χ0n) is 11.7. The molecule has 0 spiro atoms. The molecule has 1 N–H and O–H groups in total. The Hall–Kier alpha value is -1.02. The first kappa shape index (κ1) is 17.3. The zero-order chi connectivity index (χ0) is 16.2. The molecule has 0 fully saturated rings. The average Bonchev–Trinajstić information content (AvgIpc) is 2.84. The zero-order valence-corrected chi connectivity index (χ0v) is 14.9. The van der Waals surface area contributed by atoms with E-state index in [4.69, 9.17) is 11.6 Å². The van der Waals surface area contributed by atoms with Gasteiger partial charge in [0.15, 0.2) is 9.84 Å². The van der Waals surface area contributed by atoms with Crippen LogP contribution < -0.4 is 5.32 Å². The number of thiophene rings is 1. The van der Waals surface area contributed by atoms with Crippen LogP contribution in [-0.4, -0.2) is 26.3 Å². The number of carbonyl (C=O) groups is 1. The summed E-state index contributed by atoms with van der Waals surface area (Å²) in [5, 5.41) is 2.73. The van der Waals surface area contributed by atoms with Gasteiger partial charge in [0, 0.05) is 22.6 Å². The molecule has 1 amide bonds. The van der Waals surface area contributed by atoms with Crippen molar-refractivity contribution < 1.29 is 13.2 Å². The third-order valence-electron chi connectivity index (χ3n) is 2.67. The second kappa shape index (κ2) is 7.50. The molecule has 0 aliphatic rings. The SMILES string of the molecule is CS(=O)(=O)c1ccc(NC(=O)CSCc2ccc(Cl)s2)cc1. The van der Waals surface area contributed by atoms with Crippen LogP contribution in [0, 0.1) is 0 Å². The number of nitrogens with one attached hydrogen (secondary N) is 1. The van der Waals surface area contributed by atoms with Gasteiger partial charge >= 0.3 is 0 Å². The van der Waals surface area contributed by atoms with Crippen LogP contribution in [0.1, 0.15) is 4.88 Å². The van der Waals surface area contributed by atoms with Gasteiger partial charge in [0.05, 0.1) is 15.0 Å². The molecule has 22 heavy (non-hydrogen) atoms. The van der Waals surface area contributed by atoms with Gasteiger partial charge in [-0.05, 0) is 36.4 Å². The molecule has 118 valence electrons. The minimum absolute atomic E-state index is 0.125. The van der Waals surface area contributed by atoms with Gasteiger partial charge < -0.3 is 5.32 Å². The van der Waals surface area contributed by atoms with Crippen LogP contribution >= 0.6 is 34.7 Å². The highest BCUT2D eigenvalue weighted by Crippen LogP contribution is 2.25. The molecular weight excluding hydrogens is 362 g/mol. The molecule has 1 aromatic carbocycles. The van der Waals surface area contributed by atoms with Crippen molar-refractivity contribution in [2.75, 3.05) is 17.3 Å². The highest BCUT2D eigenvalue weighted by atomic mass is 35.5. The fourth-order valence-electron chi connectivity index (χ4n) is 1.66. The van der Waals surface area contributed by atoms with Crippen molar-refractivity contribution in [3.8, 4) is 0 Å². The summed E-state index contributed by atoms with van der Waals surface area (Å²) in [4.78, 5) is 13.2. The van der Waals surface area contributed by atoms with Crippen molar-refractivity contribution in [1.29, 1.82) is 0 Å². The highest BCUT2D eigenvalue weighted by molar-refractivity contribution is 7.99. The first-order chi connectivity index (χ1) is 10.3. The summed E-state index contributed by atoms with van der Waals surface area (Å²) >= 11 is 8.84. The third kappa shape index (κ3) is 5.31. The van der Waals surface area contributed by atoms with Crippen LogP contribution in [-0.2, 0) is 20.4 Å². The Labute approximate surface area is 142 Å². The summed E-state index contributed by atoms with van der Waals surface area (Å²) in [6.07, 6.45) is 1.15. The van der Waals surface area contributed by atoms with E-state index in [9.17, 15) is 13.2 Å². The van der Waals surface area contributed by atoms with Crippen LogP contribution in [0.5, 0.6) is 0 Å². The quantitative estimate of drug-likeness (QED) is 0.836. The lowest BCUT2D eigenvalue weighted by Crippen LogP contribution is -2.14. The summed E-state index contributed by atoms with van der Waals surface area (Å²) in [5.41, 5.74) is 0.581. The number of sulfone groups is 1. The molecule has 0 bridgehead atoms. The van der Waals surface area contributed by atoms with Crippen LogP contribution in [0.3, 0.4) is 0 Å². The van der Waals surface area contributed by atoms with E-state index in [2.05, 4.69) is 5.32 Å². The predicted octanol–water partition coefficient (Wildman–Crippen LogP) is 3.68. The minimum Gasteiger partial charge on any atom is -0.325 e. The number of benzene rings is 1. The normalized spacial score (nSPS) is 11.4. The van der Waals surface area contributed by atoms with Gasteiger partial charge in [0.25, 0.3) is 0 Å². The van der Waals surface area contributed by atoms with Crippen LogP contribution in [0.25, 0.3) is 0 Å². The highest BCUT2D eigenvalue weighted by Gasteiger charge is 2.08. The molecule has 0 aliphatic heterocycles. The summed E-state index contributed by atoms with van der Waals surface area (Å²) in [7, 11) is -3.22. The van der Waals surface area contributed by atoms with Gasteiger partial charge in [-0.2, -0.15) is 0 Å². The Morgan fingerprint density at radius 3 is 2.45 bits per heavy atom. The molecule has 1 aromatic heterocycles. The van der Waals surface area contributed by atoms with Crippen molar-refractivity contribution in [2.24, 2.45) is 0 Å². The van der Waals surface area contributed by atoms with Crippen LogP contribution in [0.15, 0.2) is 41.3 Å². The lowest BCUT2D eigenvalue weighted by atomic mass is 10.3. The summed E-state index contributed by atoms with van der Waals surface area (Å²) in [6.45, 7) is 0. The van der Waals surface area contributed by atoms with Gasteiger partial charge in [-0.1, -0.05) is 11.6 Å². The van der Waals surface area contributed by atoms with Crippen LogP contribution in [0.2, 0.25) is 4.34 Å². The van der Waals surface area contributed by atoms with E-state index >= 15 is 0 Å². The molecule has 1 heterocycles. The second-order valence-corrected chi connectivity index (χ2v) is 9.34. The molecular formula is C14H14ClNO3S3. The molecule has 4 nitrogen and oxygen atoms in total. The van der Waals surface area contributed by atoms with E-state index in [1.165, 1.54) is 35.2 Å². The predicted molar refractivity (Wildman–Crippen MR) is 93.7 cm³/mol. The lowest BCUT2D eigenvalue weighted by molar-refractivity contribution is -0.113. The van der Waals surface area contributed by atoms with Crippen molar-refractivity contribution in [3.05, 3.63) is 45.6 Å². The van der Waals surface area contributed by atoms with E-state index in [1.807, 2.05) is 12.1 Å². The van der Waals surface area contributed by atoms with E-state index in [-0.39, 0.29) is 10.8 Å². The van der Waals surface area contributed by atoms with Crippen molar-refractivity contribution in [3.63, 3.8) is 0 Å². The molecule has 0 saturated carbocycles. The minimum atomic E-state index is -3.22. The molecule has 8 heteroatoms. The smallest absolute Gasteiger partial charge is 0.234 e. The number of carbonyl (C=O) groups excluding carboxylic acids is 1. The van der Waals surface area contributed by atoms with E-state index < -0.39 is 9.84 Å². The molecule has 0 unspecified atom stereocenters. The number of hydrogen-bond acceptors (Lipinski definition) is 5. The molecule has 0 saturated heterocycles. The number of anilines is 1. The largest absolute Gasteiger partial charge is 0.325 e. The van der Waals surface area contributed by atoms with Gasteiger partial charge in [0.1, 0.15) is 0 Å². The molecule has 0 atom stereocenters. The standard InChI is InChI=1S/C14H14ClNO3S3/c1-22(18,19)12-5-2-10(3-6-12)16-14(17)9-20-8-11-4-7-13(15)21-11/h2-7H,8-9H2,1H3,(H,16,17). The maximum Gasteiger partial charge on any atom is 0.234 e. The summed E-state index contributed by atoms with van der Waals surface area (Å²) in [5.74, 6) is 0.931. The third-order valence-corrected chi connectivity index (χ3v) is 6.20. The summed E-state index contributed by atoms with van der Waals surface area (Å²) < 4.78 is 23.4. The Kier molecular flexibility index (Phi) is 5.91. The van der Waals surface area contributed by atoms with Crippen LogP contribution in [0.4, 0.5) is 5.69 Å². The Morgan fingerprint density at radius 1 is 1.23 bits per heavy atom. The molecule has 0 radical (unpaired) electrons. The fourth-order valence-corrected chi connectivity index (χ4v) is 4.31. The Bertz CT molecular complexity index is 754. The Balaban J connectivity index is 1.81. The number of rotatable bonds is 6. The number of halogens is 1.